The summed E-state index contributed by atoms with van der Waals surface area (Å²) in [6, 6.07) is 15.7. The summed E-state index contributed by atoms with van der Waals surface area (Å²) in [6.07, 6.45) is 10.0. The third-order valence-electron chi connectivity index (χ3n) is 4.80. The second-order valence-electron chi connectivity index (χ2n) is 7.53. The number of pyridine rings is 1. The molecule has 2 nitrogen and oxygen atoms in total. The van der Waals surface area contributed by atoms with Crippen LogP contribution in [-0.4, -0.2) is 13.1 Å². The number of aromatic nitrogens is 1. The fraction of sp³-hybridized carbons (Fsp3) is 0.500. The molecular formula is C22H33NOSi. The van der Waals surface area contributed by atoms with E-state index in [1.165, 1.54) is 55.4 Å². The largest absolute Gasteiger partial charge is 0.487 e. The van der Waals surface area contributed by atoms with E-state index in [1.807, 2.05) is 18.3 Å². The molecule has 0 radical (unpaired) electrons. The number of hydrogen-bond acceptors (Lipinski definition) is 2. The summed E-state index contributed by atoms with van der Waals surface area (Å²) in [7, 11) is -1.57. The van der Waals surface area contributed by atoms with Crippen LogP contribution in [0.5, 0.6) is 5.75 Å². The Balaban J connectivity index is 1.93. The third-order valence-corrected chi connectivity index (χ3v) is 8.07. The Kier molecular flexibility index (Phi) is 8.19. The monoisotopic (exact) mass is 355 g/mol. The van der Waals surface area contributed by atoms with Gasteiger partial charge in [0.1, 0.15) is 20.4 Å². The van der Waals surface area contributed by atoms with Crippen LogP contribution in [0.3, 0.4) is 0 Å². The molecule has 0 aliphatic rings. The van der Waals surface area contributed by atoms with E-state index in [9.17, 15) is 0 Å². The lowest BCUT2D eigenvalue weighted by atomic mass is 10.1. The number of benzene rings is 1. The molecule has 25 heavy (non-hydrogen) atoms. The number of ether oxygens (including phenoxy) is 1. The van der Waals surface area contributed by atoms with Crippen LogP contribution in [0, 0.1) is 0 Å². The van der Waals surface area contributed by atoms with Gasteiger partial charge in [0.25, 0.3) is 0 Å². The number of unbranched alkanes of at least 4 members (excludes halogenated alkanes) is 5. The lowest BCUT2D eigenvalue weighted by Gasteiger charge is -2.24. The molecule has 3 heteroatoms. The van der Waals surface area contributed by atoms with E-state index in [-0.39, 0.29) is 0 Å². The second-order valence-corrected chi connectivity index (χ2v) is 12.3. The van der Waals surface area contributed by atoms with Crippen molar-refractivity contribution < 1.29 is 4.74 Å². The highest BCUT2D eigenvalue weighted by molar-refractivity contribution is 6.89. The molecule has 0 atom stereocenters. The highest BCUT2D eigenvalue weighted by Gasteiger charge is 2.28. The van der Waals surface area contributed by atoms with Crippen LogP contribution in [0.2, 0.25) is 19.1 Å². The molecule has 0 saturated heterocycles. The molecule has 0 N–H and O–H groups in total. The molecule has 0 unspecified atom stereocenters. The van der Waals surface area contributed by atoms with Crippen LogP contribution in [-0.2, 0) is 6.61 Å². The first-order valence-electron chi connectivity index (χ1n) is 9.75. The molecule has 0 bridgehead atoms. The van der Waals surface area contributed by atoms with Crippen LogP contribution in [0.4, 0.5) is 0 Å². The zero-order valence-electron chi connectivity index (χ0n) is 16.1. The molecule has 136 valence electrons. The van der Waals surface area contributed by atoms with Crippen molar-refractivity contribution >= 4 is 13.4 Å². The Labute approximate surface area is 154 Å². The predicted octanol–water partition coefficient (Wildman–Crippen LogP) is 5.94. The Morgan fingerprint density at radius 3 is 2.36 bits per heavy atom. The fourth-order valence-electron chi connectivity index (χ4n) is 3.22. The van der Waals surface area contributed by atoms with Crippen LogP contribution in [0.1, 0.15) is 51.0 Å². The summed E-state index contributed by atoms with van der Waals surface area (Å²) < 4.78 is 6.14. The van der Waals surface area contributed by atoms with Crippen molar-refractivity contribution in [2.75, 3.05) is 0 Å². The second kappa shape index (κ2) is 10.4. The summed E-state index contributed by atoms with van der Waals surface area (Å²) in [5.74, 6) is 0.981. The van der Waals surface area contributed by atoms with Gasteiger partial charge in [0.2, 0.25) is 0 Å². The Bertz CT molecular complexity index is 612. The summed E-state index contributed by atoms with van der Waals surface area (Å²) in [5.41, 5.74) is 1.20. The molecule has 0 aliphatic carbocycles. The van der Waals surface area contributed by atoms with Gasteiger partial charge in [0.05, 0.1) is 5.32 Å². The standard InChI is InChI=1S/C22H33NOSi/c1-4-5-6-7-8-12-18-25(2,3)22-21(16-13-17-23-22)24-19-20-14-10-9-11-15-20/h9-11,13-17H,4-8,12,18-19H2,1-3H3. The van der Waals surface area contributed by atoms with Gasteiger partial charge in [-0.1, -0.05) is 94.9 Å². The van der Waals surface area contributed by atoms with Gasteiger partial charge in [0, 0.05) is 6.20 Å². The first-order valence-corrected chi connectivity index (χ1v) is 13.0. The maximum atomic E-state index is 6.14. The van der Waals surface area contributed by atoms with E-state index >= 15 is 0 Å². The SMILES string of the molecule is CCCCCCCC[Si](C)(C)c1ncccc1OCc1ccccc1. The van der Waals surface area contributed by atoms with Gasteiger partial charge in [-0.2, -0.15) is 0 Å². The average Bonchev–Trinajstić information content (AvgIpc) is 2.64. The lowest BCUT2D eigenvalue weighted by Crippen LogP contribution is -2.44. The predicted molar refractivity (Wildman–Crippen MR) is 110 cm³/mol. The number of nitrogens with zero attached hydrogens (tertiary/aromatic N) is 1. The van der Waals surface area contributed by atoms with Gasteiger partial charge in [-0.05, 0) is 17.7 Å². The van der Waals surface area contributed by atoms with Crippen molar-refractivity contribution in [3.8, 4) is 5.75 Å². The van der Waals surface area contributed by atoms with Gasteiger partial charge in [-0.3, -0.25) is 4.98 Å². The molecule has 0 aliphatic heterocycles. The smallest absolute Gasteiger partial charge is 0.136 e. The molecule has 2 rings (SSSR count). The maximum absolute atomic E-state index is 6.14. The Morgan fingerprint density at radius 1 is 0.880 bits per heavy atom. The molecule has 2 aromatic rings. The van der Waals surface area contributed by atoms with Crippen molar-refractivity contribution in [1.82, 2.24) is 4.98 Å². The molecule has 1 aromatic heterocycles. The van der Waals surface area contributed by atoms with Crippen LogP contribution < -0.4 is 10.1 Å². The summed E-state index contributed by atoms with van der Waals surface area (Å²) in [4.78, 5) is 4.73. The van der Waals surface area contributed by atoms with Crippen LogP contribution >= 0.6 is 0 Å². The highest BCUT2D eigenvalue weighted by atomic mass is 28.3. The minimum absolute atomic E-state index is 0.612. The van der Waals surface area contributed by atoms with Gasteiger partial charge in [-0.15, -0.1) is 0 Å². The molecule has 0 fully saturated rings. The summed E-state index contributed by atoms with van der Waals surface area (Å²) >= 11 is 0. The molecule has 1 heterocycles. The van der Waals surface area contributed by atoms with Crippen molar-refractivity contribution in [2.45, 2.75) is 71.2 Å². The van der Waals surface area contributed by atoms with E-state index in [0.29, 0.717) is 6.61 Å². The normalized spacial score (nSPS) is 11.5. The first-order chi connectivity index (χ1) is 12.1. The third kappa shape index (κ3) is 6.66. The van der Waals surface area contributed by atoms with E-state index in [2.05, 4.69) is 50.3 Å². The van der Waals surface area contributed by atoms with Crippen LogP contribution in [0.15, 0.2) is 48.7 Å². The summed E-state index contributed by atoms with van der Waals surface area (Å²) in [5, 5.41) is 1.22. The Morgan fingerprint density at radius 2 is 1.60 bits per heavy atom. The average molecular weight is 356 g/mol. The molecule has 1 aromatic carbocycles. The van der Waals surface area contributed by atoms with E-state index in [4.69, 9.17) is 9.72 Å². The van der Waals surface area contributed by atoms with Gasteiger partial charge >= 0.3 is 0 Å². The van der Waals surface area contributed by atoms with E-state index < -0.39 is 8.07 Å². The molecule has 0 spiro atoms. The summed E-state index contributed by atoms with van der Waals surface area (Å²) in [6.45, 7) is 7.74. The molecule has 0 amide bonds. The Hall–Kier alpha value is -1.61. The van der Waals surface area contributed by atoms with Gasteiger partial charge < -0.3 is 4.74 Å². The zero-order chi connectivity index (χ0) is 18.0. The quantitative estimate of drug-likeness (QED) is 0.368. The zero-order valence-corrected chi connectivity index (χ0v) is 17.1. The highest BCUT2D eigenvalue weighted by Crippen LogP contribution is 2.20. The van der Waals surface area contributed by atoms with Crippen molar-refractivity contribution in [3.63, 3.8) is 0 Å². The number of rotatable bonds is 11. The van der Waals surface area contributed by atoms with E-state index in [0.717, 1.165) is 5.75 Å². The van der Waals surface area contributed by atoms with E-state index in [1.54, 1.807) is 0 Å². The van der Waals surface area contributed by atoms with Crippen molar-refractivity contribution in [1.29, 1.82) is 0 Å². The minimum Gasteiger partial charge on any atom is -0.487 e. The first kappa shape index (κ1) is 19.7. The minimum atomic E-state index is -1.57. The van der Waals surface area contributed by atoms with Crippen molar-refractivity contribution in [3.05, 3.63) is 54.2 Å². The van der Waals surface area contributed by atoms with Crippen molar-refractivity contribution in [2.24, 2.45) is 0 Å². The fourth-order valence-corrected chi connectivity index (χ4v) is 5.83. The van der Waals surface area contributed by atoms with Gasteiger partial charge in [-0.25, -0.2) is 0 Å². The topological polar surface area (TPSA) is 22.1 Å². The number of hydrogen-bond donors (Lipinski definition) is 0. The van der Waals surface area contributed by atoms with Gasteiger partial charge in [0.15, 0.2) is 0 Å². The van der Waals surface area contributed by atoms with Crippen LogP contribution in [0.25, 0.3) is 0 Å². The molecular weight excluding hydrogens is 322 g/mol. The molecule has 0 saturated carbocycles. The maximum Gasteiger partial charge on any atom is 0.136 e. The lowest BCUT2D eigenvalue weighted by molar-refractivity contribution is 0.307.